The Balaban J connectivity index is 2.05. The quantitative estimate of drug-likeness (QED) is 0.859. The Hall–Kier alpha value is -0.470. The topological polar surface area (TPSA) is 81.4 Å². The van der Waals surface area contributed by atoms with Crippen molar-refractivity contribution in [2.75, 3.05) is 19.8 Å². The zero-order valence-corrected chi connectivity index (χ0v) is 12.6. The van der Waals surface area contributed by atoms with E-state index in [0.717, 1.165) is 12.8 Å². The minimum atomic E-state index is -3.46. The van der Waals surface area contributed by atoms with Gasteiger partial charge in [-0.3, -0.25) is 0 Å². The molecule has 1 saturated heterocycles. The Morgan fingerprint density at radius 2 is 2.16 bits per heavy atom. The van der Waals surface area contributed by atoms with Gasteiger partial charge < -0.3 is 10.5 Å². The van der Waals surface area contributed by atoms with E-state index in [1.807, 2.05) is 0 Å². The van der Waals surface area contributed by atoms with Gasteiger partial charge in [0.15, 0.2) is 0 Å². The molecular formula is C12H20N2O3S2. The summed E-state index contributed by atoms with van der Waals surface area (Å²) in [5.74, 6) is 0. The second-order valence-electron chi connectivity index (χ2n) is 5.16. The fraction of sp³-hybridized carbons (Fsp3) is 0.667. The van der Waals surface area contributed by atoms with Gasteiger partial charge in [-0.1, -0.05) is 6.92 Å². The summed E-state index contributed by atoms with van der Waals surface area (Å²) >= 11 is 1.37. The third-order valence-electron chi connectivity index (χ3n) is 3.57. The molecule has 2 rings (SSSR count). The summed E-state index contributed by atoms with van der Waals surface area (Å²) in [6, 6.07) is 1.61. The fourth-order valence-corrected chi connectivity index (χ4v) is 4.64. The van der Waals surface area contributed by atoms with Gasteiger partial charge >= 0.3 is 0 Å². The first-order valence-corrected chi connectivity index (χ1v) is 8.67. The smallest absolute Gasteiger partial charge is 0.241 e. The van der Waals surface area contributed by atoms with Crippen molar-refractivity contribution >= 4 is 21.4 Å². The third kappa shape index (κ3) is 3.55. The molecule has 0 amide bonds. The SMILES string of the molecule is CC1(CNS(=O)(=O)c2ccsc2CN)CCOCC1. The molecule has 1 aromatic rings. The molecule has 0 unspecified atom stereocenters. The van der Waals surface area contributed by atoms with Crippen molar-refractivity contribution in [1.82, 2.24) is 4.72 Å². The van der Waals surface area contributed by atoms with Crippen molar-refractivity contribution in [2.24, 2.45) is 11.1 Å². The molecule has 0 radical (unpaired) electrons. The van der Waals surface area contributed by atoms with E-state index in [9.17, 15) is 8.42 Å². The molecular weight excluding hydrogens is 284 g/mol. The van der Waals surface area contributed by atoms with Crippen LogP contribution in [0.15, 0.2) is 16.3 Å². The van der Waals surface area contributed by atoms with Crippen molar-refractivity contribution in [3.05, 3.63) is 16.3 Å². The molecule has 5 nitrogen and oxygen atoms in total. The Morgan fingerprint density at radius 3 is 2.79 bits per heavy atom. The summed E-state index contributed by atoms with van der Waals surface area (Å²) in [5.41, 5.74) is 5.53. The van der Waals surface area contributed by atoms with E-state index in [0.29, 0.717) is 29.5 Å². The molecule has 0 bridgehead atoms. The lowest BCUT2D eigenvalue weighted by molar-refractivity contribution is 0.0264. The lowest BCUT2D eigenvalue weighted by Crippen LogP contribution is -2.39. The van der Waals surface area contributed by atoms with E-state index in [-0.39, 0.29) is 12.0 Å². The normalized spacial score (nSPS) is 19.5. The number of rotatable bonds is 5. The summed E-state index contributed by atoms with van der Waals surface area (Å²) in [6.45, 7) is 4.18. The van der Waals surface area contributed by atoms with Gasteiger partial charge in [0.25, 0.3) is 0 Å². The van der Waals surface area contributed by atoms with Crippen LogP contribution in [-0.4, -0.2) is 28.2 Å². The highest BCUT2D eigenvalue weighted by Crippen LogP contribution is 2.29. The van der Waals surface area contributed by atoms with Crippen LogP contribution < -0.4 is 10.5 Å². The van der Waals surface area contributed by atoms with Crippen molar-refractivity contribution in [3.63, 3.8) is 0 Å². The highest BCUT2D eigenvalue weighted by Gasteiger charge is 2.30. The van der Waals surface area contributed by atoms with Crippen LogP contribution in [0.4, 0.5) is 0 Å². The molecule has 1 aliphatic rings. The van der Waals surface area contributed by atoms with Crippen LogP contribution >= 0.6 is 11.3 Å². The Morgan fingerprint density at radius 1 is 1.47 bits per heavy atom. The van der Waals surface area contributed by atoms with Gasteiger partial charge in [0, 0.05) is 31.2 Å². The second-order valence-corrected chi connectivity index (χ2v) is 7.90. The number of thiophene rings is 1. The molecule has 1 aromatic heterocycles. The third-order valence-corrected chi connectivity index (χ3v) is 6.13. The van der Waals surface area contributed by atoms with Crippen LogP contribution in [0.2, 0.25) is 0 Å². The molecule has 0 spiro atoms. The minimum absolute atomic E-state index is 0.0236. The number of hydrogen-bond donors (Lipinski definition) is 2. The van der Waals surface area contributed by atoms with Crippen LogP contribution in [0, 0.1) is 5.41 Å². The van der Waals surface area contributed by atoms with Crippen LogP contribution in [0.1, 0.15) is 24.6 Å². The maximum atomic E-state index is 12.3. The first kappa shape index (κ1) is 14.9. The van der Waals surface area contributed by atoms with E-state index in [2.05, 4.69) is 11.6 Å². The lowest BCUT2D eigenvalue weighted by atomic mass is 9.83. The van der Waals surface area contributed by atoms with Gasteiger partial charge in [0.2, 0.25) is 10.0 Å². The maximum Gasteiger partial charge on any atom is 0.241 e. The highest BCUT2D eigenvalue weighted by molar-refractivity contribution is 7.89. The number of nitrogens with one attached hydrogen (secondary N) is 1. The van der Waals surface area contributed by atoms with Crippen LogP contribution in [0.3, 0.4) is 0 Å². The summed E-state index contributed by atoms with van der Waals surface area (Å²) in [4.78, 5) is 1.01. The Bertz CT molecular complexity index is 519. The highest BCUT2D eigenvalue weighted by atomic mass is 32.2. The van der Waals surface area contributed by atoms with Gasteiger partial charge in [0.05, 0.1) is 4.90 Å². The molecule has 0 saturated carbocycles. The monoisotopic (exact) mass is 304 g/mol. The first-order chi connectivity index (χ1) is 8.97. The lowest BCUT2D eigenvalue weighted by Gasteiger charge is -2.33. The molecule has 7 heteroatoms. The Kier molecular flexibility index (Phi) is 4.62. The van der Waals surface area contributed by atoms with E-state index in [1.165, 1.54) is 11.3 Å². The number of sulfonamides is 1. The standard InChI is InChI=1S/C12H20N2O3S2/c1-12(3-5-17-6-4-12)9-14-19(15,16)11-2-7-18-10(11)8-13/h2,7,14H,3-6,8-9,13H2,1H3. The average molecular weight is 304 g/mol. The first-order valence-electron chi connectivity index (χ1n) is 6.31. The molecule has 1 fully saturated rings. The summed E-state index contributed by atoms with van der Waals surface area (Å²) in [7, 11) is -3.46. The van der Waals surface area contributed by atoms with Gasteiger partial charge in [-0.25, -0.2) is 13.1 Å². The van der Waals surface area contributed by atoms with Crippen LogP contribution in [0.5, 0.6) is 0 Å². The second kappa shape index (κ2) is 5.88. The van der Waals surface area contributed by atoms with E-state index >= 15 is 0 Å². The molecule has 2 heterocycles. The van der Waals surface area contributed by atoms with Crippen molar-refractivity contribution in [1.29, 1.82) is 0 Å². The van der Waals surface area contributed by atoms with E-state index < -0.39 is 10.0 Å². The molecule has 1 aliphatic heterocycles. The maximum absolute atomic E-state index is 12.3. The number of ether oxygens (including phenoxy) is 1. The van der Waals surface area contributed by atoms with Gasteiger partial charge in [0.1, 0.15) is 0 Å². The van der Waals surface area contributed by atoms with Gasteiger partial charge in [-0.2, -0.15) is 0 Å². The van der Waals surface area contributed by atoms with E-state index in [1.54, 1.807) is 11.4 Å². The van der Waals surface area contributed by atoms with Gasteiger partial charge in [-0.15, -0.1) is 11.3 Å². The van der Waals surface area contributed by atoms with E-state index in [4.69, 9.17) is 10.5 Å². The zero-order valence-electron chi connectivity index (χ0n) is 11.0. The predicted octanol–water partition coefficient (Wildman–Crippen LogP) is 1.30. The molecule has 0 atom stereocenters. The predicted molar refractivity (Wildman–Crippen MR) is 75.6 cm³/mol. The molecule has 0 aromatic carbocycles. The summed E-state index contributed by atoms with van der Waals surface area (Å²) < 4.78 is 32.6. The van der Waals surface area contributed by atoms with Crippen molar-refractivity contribution < 1.29 is 13.2 Å². The Labute approximate surface area is 118 Å². The molecule has 19 heavy (non-hydrogen) atoms. The number of hydrogen-bond acceptors (Lipinski definition) is 5. The minimum Gasteiger partial charge on any atom is -0.381 e. The van der Waals surface area contributed by atoms with Gasteiger partial charge in [-0.05, 0) is 29.7 Å². The zero-order chi connectivity index (χ0) is 13.9. The number of nitrogens with two attached hydrogens (primary N) is 1. The summed E-state index contributed by atoms with van der Waals surface area (Å²) in [5, 5.41) is 1.76. The van der Waals surface area contributed by atoms with Crippen LogP contribution in [0.25, 0.3) is 0 Å². The summed E-state index contributed by atoms with van der Waals surface area (Å²) in [6.07, 6.45) is 1.76. The largest absolute Gasteiger partial charge is 0.381 e. The molecule has 108 valence electrons. The van der Waals surface area contributed by atoms with Crippen molar-refractivity contribution in [2.45, 2.75) is 31.2 Å². The van der Waals surface area contributed by atoms with Crippen LogP contribution in [-0.2, 0) is 21.3 Å². The average Bonchev–Trinajstić information content (AvgIpc) is 2.87. The fourth-order valence-electron chi connectivity index (χ4n) is 2.11. The molecule has 0 aliphatic carbocycles. The molecule has 3 N–H and O–H groups in total. The van der Waals surface area contributed by atoms with Crippen molar-refractivity contribution in [3.8, 4) is 0 Å².